The predicted molar refractivity (Wildman–Crippen MR) is 64.6 cm³/mol. The fourth-order valence-corrected chi connectivity index (χ4v) is 2.91. The maximum atomic E-state index is 12.4. The van der Waals surface area contributed by atoms with E-state index in [1.54, 1.807) is 0 Å². The zero-order valence-electron chi connectivity index (χ0n) is 10.4. The van der Waals surface area contributed by atoms with Crippen LogP contribution < -0.4 is 5.32 Å². The molecule has 3 atom stereocenters. The number of fused-ring (bicyclic) bond motifs is 2. The van der Waals surface area contributed by atoms with E-state index in [0.717, 1.165) is 37.0 Å². The molecule has 0 saturated carbocycles. The van der Waals surface area contributed by atoms with E-state index in [1.165, 1.54) is 12.1 Å². The van der Waals surface area contributed by atoms with Gasteiger partial charge >= 0.3 is 6.18 Å². The summed E-state index contributed by atoms with van der Waals surface area (Å²) in [7, 11) is 0. The first-order valence-corrected chi connectivity index (χ1v) is 6.57. The summed E-state index contributed by atoms with van der Waals surface area (Å²) in [6.07, 6.45) is -0.330. The van der Waals surface area contributed by atoms with Gasteiger partial charge in [0.15, 0.2) is 0 Å². The topological polar surface area (TPSA) is 21.3 Å². The highest BCUT2D eigenvalue weighted by Gasteiger charge is 2.40. The van der Waals surface area contributed by atoms with Gasteiger partial charge in [0.25, 0.3) is 0 Å². The van der Waals surface area contributed by atoms with Crippen LogP contribution in [0.3, 0.4) is 0 Å². The van der Waals surface area contributed by atoms with Gasteiger partial charge in [-0.25, -0.2) is 0 Å². The quantitative estimate of drug-likeness (QED) is 0.912. The number of hydrogen-bond acceptors (Lipinski definition) is 2. The molecule has 1 aromatic rings. The van der Waals surface area contributed by atoms with Gasteiger partial charge in [0.05, 0.1) is 17.8 Å². The smallest absolute Gasteiger partial charge is 0.373 e. The minimum atomic E-state index is -4.26. The molecule has 2 fully saturated rings. The summed E-state index contributed by atoms with van der Waals surface area (Å²) >= 11 is 0. The summed E-state index contributed by atoms with van der Waals surface area (Å²) in [5.74, 6) is 0. The third kappa shape index (κ3) is 2.77. The summed E-state index contributed by atoms with van der Waals surface area (Å²) < 4.78 is 43.0. The van der Waals surface area contributed by atoms with Crippen LogP contribution in [0.1, 0.15) is 30.4 Å². The van der Waals surface area contributed by atoms with E-state index >= 15 is 0 Å². The number of hydrogen-bond donors (Lipinski definition) is 1. The van der Waals surface area contributed by atoms with Crippen LogP contribution >= 0.6 is 0 Å². The first-order valence-electron chi connectivity index (χ1n) is 6.57. The summed E-state index contributed by atoms with van der Waals surface area (Å²) in [5, 5.41) is 3.38. The van der Waals surface area contributed by atoms with E-state index in [4.69, 9.17) is 4.74 Å². The predicted octanol–water partition coefficient (Wildman–Crippen LogP) is 3.11. The fourth-order valence-electron chi connectivity index (χ4n) is 2.91. The molecule has 3 rings (SSSR count). The molecule has 5 heteroatoms. The van der Waals surface area contributed by atoms with E-state index < -0.39 is 11.7 Å². The molecule has 104 valence electrons. The Morgan fingerprint density at radius 2 is 1.89 bits per heavy atom. The van der Waals surface area contributed by atoms with Crippen molar-refractivity contribution in [1.29, 1.82) is 0 Å². The van der Waals surface area contributed by atoms with E-state index in [0.29, 0.717) is 24.8 Å². The van der Waals surface area contributed by atoms with Crippen LogP contribution in [0.15, 0.2) is 24.3 Å². The van der Waals surface area contributed by atoms with Gasteiger partial charge in [0.2, 0.25) is 0 Å². The monoisotopic (exact) mass is 271 g/mol. The standard InChI is InChI=1S/C14H16F3NO/c15-14(16,17)10-3-1-9(2-4-10)8-18-12-7-11-5-6-13(12)19-11/h1-4,11-13,18H,5-8H2. The SMILES string of the molecule is FC(F)(F)c1ccc(CNC2CC3CCC2O3)cc1. The lowest BCUT2D eigenvalue weighted by atomic mass is 9.95. The molecule has 3 unspecified atom stereocenters. The van der Waals surface area contributed by atoms with Crippen molar-refractivity contribution in [2.75, 3.05) is 0 Å². The van der Waals surface area contributed by atoms with Crippen molar-refractivity contribution in [2.45, 2.75) is 50.2 Å². The zero-order valence-corrected chi connectivity index (χ0v) is 10.4. The van der Waals surface area contributed by atoms with E-state index in [9.17, 15) is 13.2 Å². The van der Waals surface area contributed by atoms with Crippen LogP contribution in [-0.4, -0.2) is 18.2 Å². The van der Waals surface area contributed by atoms with Gasteiger partial charge in [-0.2, -0.15) is 13.2 Å². The van der Waals surface area contributed by atoms with Gasteiger partial charge in [0.1, 0.15) is 0 Å². The van der Waals surface area contributed by atoms with E-state index in [1.807, 2.05) is 0 Å². The second-order valence-corrected chi connectivity index (χ2v) is 5.29. The van der Waals surface area contributed by atoms with Gasteiger partial charge in [-0.3, -0.25) is 0 Å². The number of halogens is 3. The van der Waals surface area contributed by atoms with Crippen LogP contribution in [0.2, 0.25) is 0 Å². The molecule has 0 aromatic heterocycles. The van der Waals surface area contributed by atoms with Gasteiger partial charge in [-0.15, -0.1) is 0 Å². The molecule has 1 aromatic carbocycles. The lowest BCUT2D eigenvalue weighted by Gasteiger charge is -2.20. The Hall–Kier alpha value is -1.07. The first-order chi connectivity index (χ1) is 9.02. The van der Waals surface area contributed by atoms with Gasteiger partial charge in [-0.1, -0.05) is 12.1 Å². The number of nitrogens with one attached hydrogen (secondary N) is 1. The molecule has 2 aliphatic rings. The fraction of sp³-hybridized carbons (Fsp3) is 0.571. The number of rotatable bonds is 3. The molecule has 0 radical (unpaired) electrons. The highest BCUT2D eigenvalue weighted by atomic mass is 19.4. The van der Waals surface area contributed by atoms with Crippen LogP contribution in [0, 0.1) is 0 Å². The van der Waals surface area contributed by atoms with Crippen molar-refractivity contribution in [3.05, 3.63) is 35.4 Å². The largest absolute Gasteiger partial charge is 0.416 e. The van der Waals surface area contributed by atoms with E-state index in [-0.39, 0.29) is 0 Å². The highest BCUT2D eigenvalue weighted by molar-refractivity contribution is 5.24. The zero-order chi connectivity index (χ0) is 13.5. The number of ether oxygens (including phenoxy) is 1. The number of alkyl halides is 3. The third-order valence-electron chi connectivity index (χ3n) is 3.96. The van der Waals surface area contributed by atoms with Crippen LogP contribution in [-0.2, 0) is 17.5 Å². The molecule has 0 aliphatic carbocycles. The molecule has 2 saturated heterocycles. The Bertz CT molecular complexity index is 443. The Labute approximate surface area is 109 Å². The van der Waals surface area contributed by atoms with Gasteiger partial charge < -0.3 is 10.1 Å². The average molecular weight is 271 g/mol. The molecule has 2 bridgehead atoms. The third-order valence-corrected chi connectivity index (χ3v) is 3.96. The molecule has 2 nitrogen and oxygen atoms in total. The van der Waals surface area contributed by atoms with Crippen molar-refractivity contribution in [3.63, 3.8) is 0 Å². The van der Waals surface area contributed by atoms with Crippen molar-refractivity contribution in [2.24, 2.45) is 0 Å². The Morgan fingerprint density at radius 3 is 2.42 bits per heavy atom. The molecule has 2 aliphatic heterocycles. The van der Waals surface area contributed by atoms with Crippen molar-refractivity contribution >= 4 is 0 Å². The van der Waals surface area contributed by atoms with Crippen LogP contribution in [0.5, 0.6) is 0 Å². The second kappa shape index (κ2) is 4.80. The lowest BCUT2D eigenvalue weighted by molar-refractivity contribution is -0.137. The molecular formula is C14H16F3NO. The summed E-state index contributed by atoms with van der Waals surface area (Å²) in [5.41, 5.74) is 0.273. The minimum Gasteiger partial charge on any atom is -0.373 e. The summed E-state index contributed by atoms with van der Waals surface area (Å²) in [4.78, 5) is 0. The summed E-state index contributed by atoms with van der Waals surface area (Å²) in [6.45, 7) is 0.593. The maximum Gasteiger partial charge on any atom is 0.416 e. The lowest BCUT2D eigenvalue weighted by Crippen LogP contribution is -2.36. The Kier molecular flexibility index (Phi) is 3.27. The molecule has 1 N–H and O–H groups in total. The number of benzene rings is 1. The van der Waals surface area contributed by atoms with Gasteiger partial charge in [-0.05, 0) is 37.0 Å². The van der Waals surface area contributed by atoms with Crippen molar-refractivity contribution < 1.29 is 17.9 Å². The first kappa shape index (κ1) is 12.9. The van der Waals surface area contributed by atoms with E-state index in [2.05, 4.69) is 5.32 Å². The van der Waals surface area contributed by atoms with Crippen LogP contribution in [0.25, 0.3) is 0 Å². The van der Waals surface area contributed by atoms with Gasteiger partial charge in [0, 0.05) is 12.6 Å². The molecular weight excluding hydrogens is 255 g/mol. The normalized spacial score (nSPS) is 29.9. The maximum absolute atomic E-state index is 12.4. The second-order valence-electron chi connectivity index (χ2n) is 5.29. The molecule has 2 heterocycles. The van der Waals surface area contributed by atoms with Crippen molar-refractivity contribution in [3.8, 4) is 0 Å². The summed E-state index contributed by atoms with van der Waals surface area (Å²) in [6, 6.07) is 5.68. The molecule has 0 spiro atoms. The average Bonchev–Trinajstić information content (AvgIpc) is 2.98. The molecule has 0 amide bonds. The minimum absolute atomic E-state index is 0.291. The highest BCUT2D eigenvalue weighted by Crippen LogP contribution is 2.34. The molecule has 19 heavy (non-hydrogen) atoms. The van der Waals surface area contributed by atoms with Crippen LogP contribution in [0.4, 0.5) is 13.2 Å². The Balaban J connectivity index is 1.56. The van der Waals surface area contributed by atoms with Crippen molar-refractivity contribution in [1.82, 2.24) is 5.32 Å². The Morgan fingerprint density at radius 1 is 1.16 bits per heavy atom.